The topological polar surface area (TPSA) is 54.6 Å². The molecule has 0 saturated carbocycles. The molecule has 2 aromatic heterocycles. The van der Waals surface area contributed by atoms with Crippen LogP contribution >= 0.6 is 11.8 Å². The summed E-state index contributed by atoms with van der Waals surface area (Å²) in [5.41, 5.74) is 2.40. The summed E-state index contributed by atoms with van der Waals surface area (Å²) in [6, 6.07) is 5.33. The zero-order chi connectivity index (χ0) is 12.3. The fourth-order valence-corrected chi connectivity index (χ4v) is 2.20. The zero-order valence-electron chi connectivity index (χ0n) is 9.59. The fourth-order valence-electron chi connectivity index (χ4n) is 1.57. The van der Waals surface area contributed by atoms with E-state index in [1.807, 2.05) is 19.1 Å². The van der Waals surface area contributed by atoms with Crippen molar-refractivity contribution in [1.29, 1.82) is 0 Å². The number of aromatic nitrogens is 2. The molecule has 0 bridgehead atoms. The molecule has 0 radical (unpaired) electrons. The van der Waals surface area contributed by atoms with Gasteiger partial charge in [-0.2, -0.15) is 11.8 Å². The number of aliphatic hydroxyl groups is 1. The number of hydrogen-bond acceptors (Lipinski definition) is 4. The van der Waals surface area contributed by atoms with Crippen LogP contribution in [-0.2, 0) is 5.75 Å². The van der Waals surface area contributed by atoms with E-state index in [0.29, 0.717) is 17.2 Å². The second-order valence-corrected chi connectivity index (χ2v) is 4.90. The molecule has 0 aliphatic rings. The number of hydrogen-bond donors (Lipinski definition) is 1. The monoisotopic (exact) mass is 250 g/mol. The number of aliphatic hydroxyl groups excluding tert-OH is 1. The molecule has 2 heterocycles. The third kappa shape index (κ3) is 2.87. The zero-order valence-corrected chi connectivity index (χ0v) is 10.4. The van der Waals surface area contributed by atoms with Gasteiger partial charge in [-0.05, 0) is 18.6 Å². The predicted molar refractivity (Wildman–Crippen MR) is 69.4 cm³/mol. The van der Waals surface area contributed by atoms with Crippen LogP contribution in [0.1, 0.15) is 11.3 Å². The molecule has 0 aliphatic carbocycles. The lowest BCUT2D eigenvalue weighted by atomic mass is 10.3. The van der Waals surface area contributed by atoms with Crippen LogP contribution in [0.25, 0.3) is 5.65 Å². The highest BCUT2D eigenvalue weighted by molar-refractivity contribution is 7.98. The van der Waals surface area contributed by atoms with Gasteiger partial charge in [-0.1, -0.05) is 6.07 Å². The summed E-state index contributed by atoms with van der Waals surface area (Å²) in [7, 11) is 0. The first-order valence-electron chi connectivity index (χ1n) is 5.38. The van der Waals surface area contributed by atoms with Gasteiger partial charge >= 0.3 is 0 Å². The Morgan fingerprint density at radius 2 is 2.29 bits per heavy atom. The molecule has 1 N–H and O–H groups in total. The molecule has 17 heavy (non-hydrogen) atoms. The Kier molecular flexibility index (Phi) is 3.81. The van der Waals surface area contributed by atoms with E-state index in [9.17, 15) is 4.79 Å². The van der Waals surface area contributed by atoms with Crippen molar-refractivity contribution in [3.05, 3.63) is 46.0 Å². The summed E-state index contributed by atoms with van der Waals surface area (Å²) in [4.78, 5) is 16.3. The summed E-state index contributed by atoms with van der Waals surface area (Å²) >= 11 is 1.57. The average Bonchev–Trinajstić information content (AvgIpc) is 2.31. The molecule has 0 saturated heterocycles. The Morgan fingerprint density at radius 1 is 1.47 bits per heavy atom. The average molecular weight is 250 g/mol. The van der Waals surface area contributed by atoms with Gasteiger partial charge < -0.3 is 5.11 Å². The van der Waals surface area contributed by atoms with Gasteiger partial charge in [-0.15, -0.1) is 0 Å². The van der Waals surface area contributed by atoms with Gasteiger partial charge in [0.2, 0.25) is 0 Å². The molecule has 5 heteroatoms. The van der Waals surface area contributed by atoms with E-state index in [4.69, 9.17) is 5.11 Å². The summed E-state index contributed by atoms with van der Waals surface area (Å²) in [5, 5.41) is 8.69. The van der Waals surface area contributed by atoms with Gasteiger partial charge in [0.25, 0.3) is 5.56 Å². The third-order valence-corrected chi connectivity index (χ3v) is 3.32. The van der Waals surface area contributed by atoms with Crippen molar-refractivity contribution >= 4 is 17.4 Å². The van der Waals surface area contributed by atoms with Crippen LogP contribution in [0.2, 0.25) is 0 Å². The molecule has 0 aliphatic heterocycles. The normalized spacial score (nSPS) is 10.9. The fraction of sp³-hybridized carbons (Fsp3) is 0.333. The SMILES string of the molecule is Cc1ccc2nc(CSCCO)cc(=O)n2c1. The molecule has 0 aromatic carbocycles. The summed E-state index contributed by atoms with van der Waals surface area (Å²) in [6.07, 6.45) is 1.79. The smallest absolute Gasteiger partial charge is 0.258 e. The number of fused-ring (bicyclic) bond motifs is 1. The Balaban J connectivity index is 2.35. The maximum atomic E-state index is 11.8. The van der Waals surface area contributed by atoms with Gasteiger partial charge in [0, 0.05) is 23.8 Å². The van der Waals surface area contributed by atoms with Gasteiger partial charge in [0.15, 0.2) is 0 Å². The van der Waals surface area contributed by atoms with Crippen LogP contribution in [0, 0.1) is 6.92 Å². The van der Waals surface area contributed by atoms with Crippen LogP contribution in [-0.4, -0.2) is 26.9 Å². The van der Waals surface area contributed by atoms with Crippen molar-refractivity contribution in [1.82, 2.24) is 9.38 Å². The first-order valence-corrected chi connectivity index (χ1v) is 6.54. The largest absolute Gasteiger partial charge is 0.396 e. The van der Waals surface area contributed by atoms with E-state index in [0.717, 1.165) is 11.3 Å². The van der Waals surface area contributed by atoms with Crippen molar-refractivity contribution in [3.63, 3.8) is 0 Å². The molecule has 0 amide bonds. The lowest BCUT2D eigenvalue weighted by Gasteiger charge is -2.04. The number of rotatable bonds is 4. The minimum atomic E-state index is -0.0571. The molecule has 4 nitrogen and oxygen atoms in total. The maximum absolute atomic E-state index is 11.8. The summed E-state index contributed by atoms with van der Waals surface area (Å²) in [5.74, 6) is 1.31. The van der Waals surface area contributed by atoms with Gasteiger partial charge in [-0.3, -0.25) is 9.20 Å². The number of aryl methyl sites for hydroxylation is 1. The molecule has 2 rings (SSSR count). The number of nitrogens with zero attached hydrogens (tertiary/aromatic N) is 2. The van der Waals surface area contributed by atoms with Crippen molar-refractivity contribution in [2.45, 2.75) is 12.7 Å². The molecule has 0 fully saturated rings. The van der Waals surface area contributed by atoms with Crippen molar-refractivity contribution in [3.8, 4) is 0 Å². The van der Waals surface area contributed by atoms with Crippen LogP contribution in [0.4, 0.5) is 0 Å². The molecular weight excluding hydrogens is 236 g/mol. The lowest BCUT2D eigenvalue weighted by Crippen LogP contribution is -2.15. The lowest BCUT2D eigenvalue weighted by molar-refractivity contribution is 0.322. The van der Waals surface area contributed by atoms with Gasteiger partial charge in [-0.25, -0.2) is 4.98 Å². The van der Waals surface area contributed by atoms with Gasteiger partial charge in [0.05, 0.1) is 12.3 Å². The van der Waals surface area contributed by atoms with E-state index >= 15 is 0 Å². The van der Waals surface area contributed by atoms with Crippen LogP contribution in [0.5, 0.6) is 0 Å². The van der Waals surface area contributed by atoms with E-state index in [-0.39, 0.29) is 12.2 Å². The van der Waals surface area contributed by atoms with E-state index in [1.165, 1.54) is 0 Å². The second-order valence-electron chi connectivity index (χ2n) is 3.80. The second kappa shape index (κ2) is 5.33. The molecular formula is C12H14N2O2S. The van der Waals surface area contributed by atoms with Crippen molar-refractivity contribution in [2.75, 3.05) is 12.4 Å². The number of pyridine rings is 1. The Morgan fingerprint density at radius 3 is 3.06 bits per heavy atom. The first-order chi connectivity index (χ1) is 8.20. The van der Waals surface area contributed by atoms with Crippen LogP contribution in [0.3, 0.4) is 0 Å². The summed E-state index contributed by atoms with van der Waals surface area (Å²) < 4.78 is 1.55. The Hall–Kier alpha value is -1.33. The molecule has 0 spiro atoms. The van der Waals surface area contributed by atoms with Gasteiger partial charge in [0.1, 0.15) is 5.65 Å². The summed E-state index contributed by atoms with van der Waals surface area (Å²) in [6.45, 7) is 2.09. The van der Waals surface area contributed by atoms with Crippen LogP contribution < -0.4 is 5.56 Å². The molecule has 0 atom stereocenters. The minimum Gasteiger partial charge on any atom is -0.396 e. The quantitative estimate of drug-likeness (QED) is 0.829. The highest BCUT2D eigenvalue weighted by Gasteiger charge is 2.02. The highest BCUT2D eigenvalue weighted by atomic mass is 32.2. The first kappa shape index (κ1) is 12.1. The maximum Gasteiger partial charge on any atom is 0.258 e. The predicted octanol–water partition coefficient (Wildman–Crippen LogP) is 1.23. The highest BCUT2D eigenvalue weighted by Crippen LogP contribution is 2.09. The van der Waals surface area contributed by atoms with E-state index in [1.54, 1.807) is 28.4 Å². The third-order valence-electron chi connectivity index (χ3n) is 2.35. The van der Waals surface area contributed by atoms with Crippen LogP contribution in [0.15, 0.2) is 29.2 Å². The Labute approximate surface area is 103 Å². The minimum absolute atomic E-state index is 0.0571. The van der Waals surface area contributed by atoms with Crippen molar-refractivity contribution in [2.24, 2.45) is 0 Å². The Bertz CT molecular complexity index is 580. The van der Waals surface area contributed by atoms with Crippen molar-refractivity contribution < 1.29 is 5.11 Å². The van der Waals surface area contributed by atoms with E-state index < -0.39 is 0 Å². The standard InChI is InChI=1S/C12H14N2O2S/c1-9-2-3-11-13-10(8-17-5-4-15)6-12(16)14(11)7-9/h2-3,6-7,15H,4-5,8H2,1H3. The molecule has 90 valence electrons. The number of thioether (sulfide) groups is 1. The molecule has 2 aromatic rings. The molecule has 0 unspecified atom stereocenters. The van der Waals surface area contributed by atoms with E-state index in [2.05, 4.69) is 4.98 Å².